The predicted molar refractivity (Wildman–Crippen MR) is 124 cm³/mol. The van der Waals surface area contributed by atoms with E-state index < -0.39 is 0 Å². The second-order valence-corrected chi connectivity index (χ2v) is 7.45. The minimum absolute atomic E-state index is 0.226. The molecule has 2 aromatic carbocycles. The van der Waals surface area contributed by atoms with E-state index >= 15 is 0 Å². The van der Waals surface area contributed by atoms with Crippen molar-refractivity contribution in [2.45, 2.75) is 0 Å². The van der Waals surface area contributed by atoms with Gasteiger partial charge in [-0.15, -0.1) is 0 Å². The minimum Gasteiger partial charge on any atom is -0.495 e. The van der Waals surface area contributed by atoms with E-state index in [0.29, 0.717) is 39.7 Å². The summed E-state index contributed by atoms with van der Waals surface area (Å²) in [5, 5.41) is 9.19. The Hall–Kier alpha value is -4.40. The quantitative estimate of drug-likeness (QED) is 0.455. The molecule has 0 atom stereocenters. The van der Waals surface area contributed by atoms with Gasteiger partial charge in [0.15, 0.2) is 5.65 Å². The Morgan fingerprint density at radius 2 is 1.91 bits per heavy atom. The number of nitrogens with zero attached hydrogens (tertiary/aromatic N) is 5. The number of anilines is 2. The van der Waals surface area contributed by atoms with Crippen LogP contribution in [0.25, 0.3) is 33.2 Å². The molecule has 3 heterocycles. The molecule has 9 heteroatoms. The number of aryl methyl sites for hydroxylation is 2. The van der Waals surface area contributed by atoms with Gasteiger partial charge >= 0.3 is 0 Å². The van der Waals surface area contributed by atoms with Crippen LogP contribution in [0.2, 0.25) is 0 Å². The summed E-state index contributed by atoms with van der Waals surface area (Å²) in [5.41, 5.74) is 10.2. The Balaban J connectivity index is 1.52. The predicted octanol–water partition coefficient (Wildman–Crippen LogP) is 3.37. The molecule has 0 aliphatic heterocycles. The summed E-state index contributed by atoms with van der Waals surface area (Å²) in [4.78, 5) is 21.4. The number of amides is 1. The highest BCUT2D eigenvalue weighted by Gasteiger charge is 2.19. The van der Waals surface area contributed by atoms with Gasteiger partial charge in [0.1, 0.15) is 29.3 Å². The molecule has 1 amide bonds. The van der Waals surface area contributed by atoms with Crippen molar-refractivity contribution in [2.24, 2.45) is 14.1 Å². The summed E-state index contributed by atoms with van der Waals surface area (Å²) < 4.78 is 9.09. The maximum Gasteiger partial charge on any atom is 0.272 e. The number of hydrogen-bond acceptors (Lipinski definition) is 6. The molecule has 0 aliphatic rings. The van der Waals surface area contributed by atoms with Crippen molar-refractivity contribution >= 4 is 39.3 Å². The summed E-state index contributed by atoms with van der Waals surface area (Å²) in [6, 6.07) is 15.2. The Kier molecular flexibility index (Phi) is 4.51. The number of nitrogen functional groups attached to an aromatic ring is 1. The number of carbonyl (C=O) groups excluding carboxylic acids is 1. The SMILES string of the molecule is COc1cc(-c2nn(C)c3ncnc(N)c23)ccc1NC(=O)c1cc2ccccc2n1C. The van der Waals surface area contributed by atoms with Crippen molar-refractivity contribution in [3.63, 3.8) is 0 Å². The Labute approximate surface area is 183 Å². The van der Waals surface area contributed by atoms with Gasteiger partial charge in [-0.2, -0.15) is 5.10 Å². The fourth-order valence-electron chi connectivity index (χ4n) is 3.95. The lowest BCUT2D eigenvalue weighted by molar-refractivity contribution is 0.101. The Morgan fingerprint density at radius 3 is 2.69 bits per heavy atom. The number of nitrogens with one attached hydrogen (secondary N) is 1. The monoisotopic (exact) mass is 427 g/mol. The van der Waals surface area contributed by atoms with Crippen LogP contribution in [0, 0.1) is 0 Å². The van der Waals surface area contributed by atoms with E-state index in [2.05, 4.69) is 20.4 Å². The molecular formula is C23H21N7O2. The van der Waals surface area contributed by atoms with Crippen LogP contribution in [0.5, 0.6) is 5.75 Å². The first-order valence-corrected chi connectivity index (χ1v) is 9.95. The van der Waals surface area contributed by atoms with Crippen LogP contribution in [0.4, 0.5) is 11.5 Å². The molecule has 0 fully saturated rings. The molecule has 3 aromatic heterocycles. The number of methoxy groups -OCH3 is 1. The molecule has 3 N–H and O–H groups in total. The number of fused-ring (bicyclic) bond motifs is 2. The summed E-state index contributed by atoms with van der Waals surface area (Å²) >= 11 is 0. The van der Waals surface area contributed by atoms with Gasteiger partial charge in [-0.25, -0.2) is 14.6 Å². The van der Waals surface area contributed by atoms with Gasteiger partial charge in [0, 0.05) is 30.6 Å². The van der Waals surface area contributed by atoms with Crippen molar-refractivity contribution in [3.05, 3.63) is 60.6 Å². The van der Waals surface area contributed by atoms with E-state index in [4.69, 9.17) is 10.5 Å². The van der Waals surface area contributed by atoms with Crippen molar-refractivity contribution in [3.8, 4) is 17.0 Å². The molecule has 0 bridgehead atoms. The van der Waals surface area contributed by atoms with Crippen LogP contribution in [0.15, 0.2) is 54.9 Å². The molecule has 0 spiro atoms. The highest BCUT2D eigenvalue weighted by atomic mass is 16.5. The third-order valence-corrected chi connectivity index (χ3v) is 5.56. The van der Waals surface area contributed by atoms with E-state index in [9.17, 15) is 4.79 Å². The number of carbonyl (C=O) groups is 1. The van der Waals surface area contributed by atoms with Gasteiger partial charge < -0.3 is 20.4 Å². The van der Waals surface area contributed by atoms with Crippen molar-refractivity contribution in [1.29, 1.82) is 0 Å². The first-order chi connectivity index (χ1) is 15.5. The standard InChI is InChI=1S/C23H21N7O2/c1-29-16-7-5-4-6-13(16)10-17(29)23(31)27-15-9-8-14(11-18(15)32-3)20-19-21(24)25-12-26-22(19)30(2)28-20/h4-12H,1-3H3,(H,27,31)(H2,24,25,26). The number of ether oxygens (including phenoxy) is 1. The fourth-order valence-corrected chi connectivity index (χ4v) is 3.95. The number of rotatable bonds is 4. The normalized spacial score (nSPS) is 11.2. The molecule has 0 saturated carbocycles. The van der Waals surface area contributed by atoms with Crippen molar-refractivity contribution < 1.29 is 9.53 Å². The smallest absolute Gasteiger partial charge is 0.272 e. The largest absolute Gasteiger partial charge is 0.495 e. The molecule has 5 aromatic rings. The molecular weight excluding hydrogens is 406 g/mol. The van der Waals surface area contributed by atoms with Crippen LogP contribution < -0.4 is 15.8 Å². The summed E-state index contributed by atoms with van der Waals surface area (Å²) in [6.07, 6.45) is 1.41. The highest BCUT2D eigenvalue weighted by molar-refractivity contribution is 6.07. The van der Waals surface area contributed by atoms with E-state index in [-0.39, 0.29) is 5.91 Å². The molecule has 0 aliphatic carbocycles. The van der Waals surface area contributed by atoms with Crippen LogP contribution in [0.1, 0.15) is 10.5 Å². The topological polar surface area (TPSA) is 113 Å². The number of aromatic nitrogens is 5. The van der Waals surface area contributed by atoms with Gasteiger partial charge in [-0.1, -0.05) is 24.3 Å². The number of hydrogen-bond donors (Lipinski definition) is 2. The van der Waals surface area contributed by atoms with E-state index in [1.54, 1.807) is 24.9 Å². The molecule has 0 unspecified atom stereocenters. The zero-order valence-electron chi connectivity index (χ0n) is 17.8. The second kappa shape index (κ2) is 7.38. The van der Waals surface area contributed by atoms with Crippen LogP contribution in [-0.4, -0.2) is 37.3 Å². The van der Waals surface area contributed by atoms with Gasteiger partial charge in [-0.3, -0.25) is 4.79 Å². The van der Waals surface area contributed by atoms with Gasteiger partial charge in [0.2, 0.25) is 0 Å². The van der Waals surface area contributed by atoms with Crippen LogP contribution in [-0.2, 0) is 14.1 Å². The third-order valence-electron chi connectivity index (χ3n) is 5.56. The molecule has 0 saturated heterocycles. The van der Waals surface area contributed by atoms with Crippen LogP contribution in [0.3, 0.4) is 0 Å². The average molecular weight is 427 g/mol. The molecule has 0 radical (unpaired) electrons. The Morgan fingerprint density at radius 1 is 1.09 bits per heavy atom. The van der Waals surface area contributed by atoms with E-state index in [1.165, 1.54) is 6.33 Å². The number of benzene rings is 2. The third kappa shape index (κ3) is 3.02. The summed E-state index contributed by atoms with van der Waals surface area (Å²) in [6.45, 7) is 0. The molecule has 160 valence electrons. The maximum atomic E-state index is 13.0. The van der Waals surface area contributed by atoms with Gasteiger partial charge in [-0.05, 0) is 24.3 Å². The minimum atomic E-state index is -0.226. The maximum absolute atomic E-state index is 13.0. The van der Waals surface area contributed by atoms with Gasteiger partial charge in [0.05, 0.1) is 18.2 Å². The zero-order chi connectivity index (χ0) is 22.4. The van der Waals surface area contributed by atoms with Gasteiger partial charge in [0.25, 0.3) is 5.91 Å². The summed E-state index contributed by atoms with van der Waals surface area (Å²) in [7, 11) is 5.23. The van der Waals surface area contributed by atoms with E-state index in [0.717, 1.165) is 16.5 Å². The lowest BCUT2D eigenvalue weighted by Gasteiger charge is -2.12. The first kappa shape index (κ1) is 19.6. The zero-order valence-corrected chi connectivity index (χ0v) is 17.8. The highest BCUT2D eigenvalue weighted by Crippen LogP contribution is 2.35. The molecule has 5 rings (SSSR count). The first-order valence-electron chi connectivity index (χ1n) is 9.95. The number of nitrogens with two attached hydrogens (primary N) is 1. The molecule has 32 heavy (non-hydrogen) atoms. The van der Waals surface area contributed by atoms with Crippen LogP contribution >= 0.6 is 0 Å². The summed E-state index contributed by atoms with van der Waals surface area (Å²) in [5.74, 6) is 0.629. The fraction of sp³-hybridized carbons (Fsp3) is 0.130. The number of para-hydroxylation sites is 1. The average Bonchev–Trinajstić information content (AvgIpc) is 3.32. The van der Waals surface area contributed by atoms with Crippen molar-refractivity contribution in [1.82, 2.24) is 24.3 Å². The van der Waals surface area contributed by atoms with E-state index in [1.807, 2.05) is 54.1 Å². The molecule has 9 nitrogen and oxygen atoms in total. The lowest BCUT2D eigenvalue weighted by atomic mass is 10.1. The van der Waals surface area contributed by atoms with Crippen molar-refractivity contribution in [2.75, 3.05) is 18.2 Å². The second-order valence-electron chi connectivity index (χ2n) is 7.45. The lowest BCUT2D eigenvalue weighted by Crippen LogP contribution is -2.16. The Bertz CT molecular complexity index is 1500.